The lowest BCUT2D eigenvalue weighted by atomic mass is 10.1. The summed E-state index contributed by atoms with van der Waals surface area (Å²) >= 11 is 0. The third-order valence-electron chi connectivity index (χ3n) is 5.51. The van der Waals surface area contributed by atoms with E-state index in [0.29, 0.717) is 23.6 Å². The van der Waals surface area contributed by atoms with Crippen molar-refractivity contribution in [3.63, 3.8) is 0 Å². The Kier molecular flexibility index (Phi) is 5.21. The number of morpholine rings is 1. The van der Waals surface area contributed by atoms with E-state index in [1.165, 1.54) is 17.3 Å². The highest BCUT2D eigenvalue weighted by Crippen LogP contribution is 2.25. The highest BCUT2D eigenvalue weighted by Gasteiger charge is 2.17. The van der Waals surface area contributed by atoms with Crippen LogP contribution in [0.25, 0.3) is 17.0 Å². The zero-order valence-electron chi connectivity index (χ0n) is 17.3. The highest BCUT2D eigenvalue weighted by molar-refractivity contribution is 5.61. The molecule has 0 spiro atoms. The van der Waals surface area contributed by atoms with E-state index >= 15 is 0 Å². The van der Waals surface area contributed by atoms with Crippen LogP contribution in [0.5, 0.6) is 0 Å². The maximum absolute atomic E-state index is 14.3. The first-order valence-electron chi connectivity index (χ1n) is 10.3. The minimum Gasteiger partial charge on any atom is -0.378 e. The van der Waals surface area contributed by atoms with Crippen molar-refractivity contribution in [3.05, 3.63) is 72.0 Å². The Morgan fingerprint density at radius 2 is 1.74 bits per heavy atom. The fourth-order valence-corrected chi connectivity index (χ4v) is 3.89. The molecule has 0 N–H and O–H groups in total. The molecule has 1 saturated heterocycles. The number of halogens is 1. The van der Waals surface area contributed by atoms with Gasteiger partial charge in [0.05, 0.1) is 18.8 Å². The van der Waals surface area contributed by atoms with Crippen molar-refractivity contribution in [3.8, 4) is 11.4 Å². The molecule has 3 heterocycles. The van der Waals surface area contributed by atoms with Crippen LogP contribution in [0.1, 0.15) is 5.56 Å². The predicted octanol–water partition coefficient (Wildman–Crippen LogP) is 3.40. The Morgan fingerprint density at radius 1 is 0.968 bits per heavy atom. The van der Waals surface area contributed by atoms with Crippen molar-refractivity contribution in [2.45, 2.75) is 6.54 Å². The van der Waals surface area contributed by atoms with Crippen LogP contribution in [-0.4, -0.2) is 53.2 Å². The molecule has 7 nitrogen and oxygen atoms in total. The summed E-state index contributed by atoms with van der Waals surface area (Å²) in [6, 6.07) is 18.7. The number of anilines is 2. The number of hydrogen-bond donors (Lipinski definition) is 0. The Labute approximate surface area is 179 Å². The van der Waals surface area contributed by atoms with Gasteiger partial charge in [0.2, 0.25) is 0 Å². The van der Waals surface area contributed by atoms with E-state index < -0.39 is 0 Å². The maximum Gasteiger partial charge on any atom is 0.188 e. The molecule has 1 aliphatic heterocycles. The number of ether oxygens (including phenoxy) is 1. The summed E-state index contributed by atoms with van der Waals surface area (Å²) < 4.78 is 21.4. The summed E-state index contributed by atoms with van der Waals surface area (Å²) in [5.41, 5.74) is 3.38. The van der Waals surface area contributed by atoms with Crippen molar-refractivity contribution < 1.29 is 9.13 Å². The standard InChI is InChI=1S/C23H23FN6O/c1-28(16-17-6-2-5-9-20(17)29-12-14-31-15-13-29)22-11-10-21-25-26-23(30(21)27-22)18-7-3-4-8-19(18)24/h2-11H,12-16H2,1H3. The fourth-order valence-electron chi connectivity index (χ4n) is 3.89. The smallest absolute Gasteiger partial charge is 0.188 e. The van der Waals surface area contributed by atoms with Crippen LogP contribution in [0.2, 0.25) is 0 Å². The number of benzene rings is 2. The Bertz CT molecular complexity index is 1200. The van der Waals surface area contributed by atoms with Crippen molar-refractivity contribution in [1.82, 2.24) is 19.8 Å². The molecule has 0 amide bonds. The Morgan fingerprint density at radius 3 is 2.58 bits per heavy atom. The number of para-hydroxylation sites is 1. The molecule has 2 aromatic carbocycles. The quantitative estimate of drug-likeness (QED) is 0.495. The van der Waals surface area contributed by atoms with Gasteiger partial charge >= 0.3 is 0 Å². The van der Waals surface area contributed by atoms with Gasteiger partial charge in [-0.25, -0.2) is 4.39 Å². The van der Waals surface area contributed by atoms with Gasteiger partial charge in [-0.15, -0.1) is 15.3 Å². The van der Waals surface area contributed by atoms with Gasteiger partial charge < -0.3 is 14.5 Å². The number of nitrogens with zero attached hydrogens (tertiary/aromatic N) is 6. The summed E-state index contributed by atoms with van der Waals surface area (Å²) in [6.07, 6.45) is 0. The van der Waals surface area contributed by atoms with Gasteiger partial charge in [0.25, 0.3) is 0 Å². The van der Waals surface area contributed by atoms with Gasteiger partial charge in [0.15, 0.2) is 11.5 Å². The first-order valence-corrected chi connectivity index (χ1v) is 10.3. The maximum atomic E-state index is 14.3. The normalized spacial score (nSPS) is 14.2. The summed E-state index contributed by atoms with van der Waals surface area (Å²) in [5, 5.41) is 13.0. The number of hydrogen-bond acceptors (Lipinski definition) is 6. The fraction of sp³-hybridized carbons (Fsp3) is 0.261. The molecule has 4 aromatic rings. The molecule has 0 bridgehead atoms. The van der Waals surface area contributed by atoms with Gasteiger partial charge in [-0.1, -0.05) is 30.3 Å². The van der Waals surface area contributed by atoms with Crippen LogP contribution in [0.15, 0.2) is 60.7 Å². The largest absolute Gasteiger partial charge is 0.378 e. The van der Waals surface area contributed by atoms with Crippen LogP contribution >= 0.6 is 0 Å². The van der Waals surface area contributed by atoms with Crippen molar-refractivity contribution >= 4 is 17.2 Å². The van der Waals surface area contributed by atoms with E-state index in [4.69, 9.17) is 9.84 Å². The van der Waals surface area contributed by atoms with E-state index in [1.54, 1.807) is 22.7 Å². The van der Waals surface area contributed by atoms with Crippen molar-refractivity contribution in [1.29, 1.82) is 0 Å². The van der Waals surface area contributed by atoms with Crippen molar-refractivity contribution in [2.24, 2.45) is 0 Å². The van der Waals surface area contributed by atoms with Crippen LogP contribution < -0.4 is 9.80 Å². The molecule has 158 valence electrons. The molecule has 8 heteroatoms. The number of rotatable bonds is 5. The molecule has 31 heavy (non-hydrogen) atoms. The zero-order valence-corrected chi connectivity index (χ0v) is 17.3. The molecule has 5 rings (SSSR count). The first kappa shape index (κ1) is 19.4. The Balaban J connectivity index is 1.45. The molecular formula is C23H23FN6O. The SMILES string of the molecule is CN(Cc1ccccc1N1CCOCC1)c1ccc2nnc(-c3ccccc3F)n2n1. The molecule has 0 atom stereocenters. The zero-order chi connectivity index (χ0) is 21.2. The second-order valence-corrected chi connectivity index (χ2v) is 7.55. The first-order chi connectivity index (χ1) is 15.2. The average molecular weight is 418 g/mol. The van der Waals surface area contributed by atoms with E-state index in [-0.39, 0.29) is 5.82 Å². The lowest BCUT2D eigenvalue weighted by molar-refractivity contribution is 0.122. The van der Waals surface area contributed by atoms with Gasteiger partial charge in [-0.2, -0.15) is 4.52 Å². The third kappa shape index (κ3) is 3.82. The second-order valence-electron chi connectivity index (χ2n) is 7.55. The summed E-state index contributed by atoms with van der Waals surface area (Å²) in [5.74, 6) is 0.788. The highest BCUT2D eigenvalue weighted by atomic mass is 19.1. The molecule has 1 aliphatic rings. The van der Waals surface area contributed by atoms with Crippen LogP contribution in [0.4, 0.5) is 15.9 Å². The molecular weight excluding hydrogens is 395 g/mol. The Hall–Kier alpha value is -3.52. The van der Waals surface area contributed by atoms with Gasteiger partial charge in [-0.05, 0) is 35.9 Å². The molecule has 0 saturated carbocycles. The van der Waals surface area contributed by atoms with Crippen LogP contribution in [0.3, 0.4) is 0 Å². The van der Waals surface area contributed by atoms with Gasteiger partial charge in [0.1, 0.15) is 11.6 Å². The summed E-state index contributed by atoms with van der Waals surface area (Å²) in [4.78, 5) is 4.43. The predicted molar refractivity (Wildman–Crippen MR) is 118 cm³/mol. The third-order valence-corrected chi connectivity index (χ3v) is 5.51. The second kappa shape index (κ2) is 8.31. The van der Waals surface area contributed by atoms with E-state index in [2.05, 4.69) is 44.3 Å². The van der Waals surface area contributed by atoms with E-state index in [9.17, 15) is 4.39 Å². The molecule has 1 fully saturated rings. The van der Waals surface area contributed by atoms with E-state index in [1.807, 2.05) is 19.2 Å². The summed E-state index contributed by atoms with van der Waals surface area (Å²) in [6.45, 7) is 3.95. The van der Waals surface area contributed by atoms with Gasteiger partial charge in [0, 0.05) is 32.4 Å². The molecule has 2 aromatic heterocycles. The monoisotopic (exact) mass is 418 g/mol. The summed E-state index contributed by atoms with van der Waals surface area (Å²) in [7, 11) is 2.00. The minimum absolute atomic E-state index is 0.350. The molecule has 0 radical (unpaired) electrons. The van der Waals surface area contributed by atoms with E-state index in [0.717, 1.165) is 32.1 Å². The minimum atomic E-state index is -0.350. The van der Waals surface area contributed by atoms with Crippen molar-refractivity contribution in [2.75, 3.05) is 43.2 Å². The number of aromatic nitrogens is 4. The lowest BCUT2D eigenvalue weighted by Crippen LogP contribution is -2.37. The molecule has 0 unspecified atom stereocenters. The lowest BCUT2D eigenvalue weighted by Gasteiger charge is -2.31. The topological polar surface area (TPSA) is 58.8 Å². The number of fused-ring (bicyclic) bond motifs is 1. The van der Waals surface area contributed by atoms with Crippen LogP contribution in [-0.2, 0) is 11.3 Å². The average Bonchev–Trinajstić information content (AvgIpc) is 3.23. The van der Waals surface area contributed by atoms with Crippen LogP contribution in [0, 0.1) is 5.82 Å². The molecule has 0 aliphatic carbocycles. The van der Waals surface area contributed by atoms with Gasteiger partial charge in [-0.3, -0.25) is 0 Å².